The SMILES string of the molecule is O=C(NNC(=O)c1cc(F)c(NCC2CC2)cc1NC1CCCC1)OCc1ccccc1. The lowest BCUT2D eigenvalue weighted by atomic mass is 10.1. The van der Waals surface area contributed by atoms with Crippen molar-refractivity contribution in [3.05, 3.63) is 59.4 Å². The van der Waals surface area contributed by atoms with Gasteiger partial charge < -0.3 is 15.4 Å². The number of carbonyl (C=O) groups excluding carboxylic acids is 2. The van der Waals surface area contributed by atoms with Crippen molar-refractivity contribution < 1.29 is 18.7 Å². The van der Waals surface area contributed by atoms with E-state index < -0.39 is 17.8 Å². The summed E-state index contributed by atoms with van der Waals surface area (Å²) in [5, 5.41) is 6.54. The van der Waals surface area contributed by atoms with Crippen molar-refractivity contribution in [1.29, 1.82) is 0 Å². The molecule has 2 aromatic rings. The minimum atomic E-state index is -0.796. The van der Waals surface area contributed by atoms with Crippen LogP contribution in [0, 0.1) is 11.7 Å². The summed E-state index contributed by atoms with van der Waals surface area (Å²) in [6, 6.07) is 12.3. The van der Waals surface area contributed by atoms with Crippen LogP contribution in [0.3, 0.4) is 0 Å². The molecule has 0 radical (unpaired) electrons. The zero-order valence-corrected chi connectivity index (χ0v) is 18.0. The largest absolute Gasteiger partial charge is 0.443 e. The van der Waals surface area contributed by atoms with Gasteiger partial charge in [-0.2, -0.15) is 0 Å². The van der Waals surface area contributed by atoms with E-state index in [0.717, 1.165) is 50.6 Å². The van der Waals surface area contributed by atoms with Crippen LogP contribution in [0.1, 0.15) is 54.4 Å². The molecule has 4 rings (SSSR count). The average molecular weight is 441 g/mol. The van der Waals surface area contributed by atoms with Gasteiger partial charge in [-0.25, -0.2) is 14.6 Å². The molecular formula is C24H29FN4O3. The molecule has 8 heteroatoms. The van der Waals surface area contributed by atoms with Crippen molar-refractivity contribution in [2.45, 2.75) is 51.2 Å². The van der Waals surface area contributed by atoms with Gasteiger partial charge in [0, 0.05) is 18.3 Å². The molecule has 0 atom stereocenters. The monoisotopic (exact) mass is 440 g/mol. The van der Waals surface area contributed by atoms with Gasteiger partial charge in [-0.3, -0.25) is 10.2 Å². The highest BCUT2D eigenvalue weighted by Gasteiger charge is 2.24. The zero-order valence-electron chi connectivity index (χ0n) is 18.0. The molecule has 2 aromatic carbocycles. The number of hydrogen-bond donors (Lipinski definition) is 4. The Labute approximate surface area is 187 Å². The first-order chi connectivity index (χ1) is 15.6. The molecule has 4 N–H and O–H groups in total. The Morgan fingerprint density at radius 3 is 2.44 bits per heavy atom. The molecule has 0 aromatic heterocycles. The molecule has 32 heavy (non-hydrogen) atoms. The van der Waals surface area contributed by atoms with Crippen molar-refractivity contribution in [1.82, 2.24) is 10.9 Å². The second-order valence-electron chi connectivity index (χ2n) is 8.47. The summed E-state index contributed by atoms with van der Waals surface area (Å²) in [4.78, 5) is 24.7. The molecule has 0 unspecified atom stereocenters. The van der Waals surface area contributed by atoms with Gasteiger partial charge in [0.2, 0.25) is 0 Å². The summed E-state index contributed by atoms with van der Waals surface area (Å²) in [6.07, 6.45) is 5.79. The van der Waals surface area contributed by atoms with Gasteiger partial charge in [0.15, 0.2) is 0 Å². The van der Waals surface area contributed by atoms with Gasteiger partial charge in [-0.1, -0.05) is 43.2 Å². The Balaban J connectivity index is 1.39. The molecule has 0 saturated heterocycles. The van der Waals surface area contributed by atoms with E-state index in [1.807, 2.05) is 30.3 Å². The fraction of sp³-hybridized carbons (Fsp3) is 0.417. The highest BCUT2D eigenvalue weighted by Crippen LogP contribution is 2.32. The molecule has 2 aliphatic carbocycles. The molecule has 0 aliphatic heterocycles. The second kappa shape index (κ2) is 10.3. The number of amides is 2. The van der Waals surface area contributed by atoms with Crippen molar-refractivity contribution in [3.63, 3.8) is 0 Å². The van der Waals surface area contributed by atoms with Crippen LogP contribution >= 0.6 is 0 Å². The number of ether oxygens (including phenoxy) is 1. The number of hydrazine groups is 1. The first-order valence-corrected chi connectivity index (χ1v) is 11.2. The lowest BCUT2D eigenvalue weighted by molar-refractivity contribution is 0.0905. The van der Waals surface area contributed by atoms with E-state index in [2.05, 4.69) is 21.5 Å². The Morgan fingerprint density at radius 1 is 0.969 bits per heavy atom. The quantitative estimate of drug-likeness (QED) is 0.451. The Hall–Kier alpha value is -3.29. The maximum absolute atomic E-state index is 14.7. The predicted octanol–water partition coefficient (Wildman–Crippen LogP) is 4.57. The van der Waals surface area contributed by atoms with E-state index in [1.165, 1.54) is 6.07 Å². The van der Waals surface area contributed by atoms with E-state index in [0.29, 0.717) is 17.3 Å². The van der Waals surface area contributed by atoms with Crippen molar-refractivity contribution in [2.24, 2.45) is 5.92 Å². The van der Waals surface area contributed by atoms with Crippen LogP contribution in [0.4, 0.5) is 20.6 Å². The van der Waals surface area contributed by atoms with Gasteiger partial charge in [-0.05, 0) is 49.3 Å². The maximum Gasteiger partial charge on any atom is 0.426 e. The zero-order chi connectivity index (χ0) is 22.3. The van der Waals surface area contributed by atoms with Gasteiger partial charge >= 0.3 is 6.09 Å². The maximum atomic E-state index is 14.7. The van der Waals surface area contributed by atoms with Gasteiger partial charge in [0.05, 0.1) is 11.3 Å². The van der Waals surface area contributed by atoms with Crippen molar-refractivity contribution >= 4 is 23.4 Å². The third-order valence-corrected chi connectivity index (χ3v) is 5.84. The third kappa shape index (κ3) is 6.12. The number of benzene rings is 2. The number of carbonyl (C=O) groups is 2. The van der Waals surface area contributed by atoms with Gasteiger partial charge in [0.25, 0.3) is 5.91 Å². The number of halogens is 1. The second-order valence-corrected chi connectivity index (χ2v) is 8.47. The normalized spacial score (nSPS) is 15.8. The van der Waals surface area contributed by atoms with E-state index in [4.69, 9.17) is 4.74 Å². The summed E-state index contributed by atoms with van der Waals surface area (Å²) in [5.41, 5.74) is 6.43. The van der Waals surface area contributed by atoms with Crippen LogP contribution in [0.2, 0.25) is 0 Å². The van der Waals surface area contributed by atoms with Crippen molar-refractivity contribution in [3.8, 4) is 0 Å². The summed E-state index contributed by atoms with van der Waals surface area (Å²) in [5.74, 6) is -0.524. The van der Waals surface area contributed by atoms with E-state index in [9.17, 15) is 14.0 Å². The Bertz CT molecular complexity index is 944. The molecule has 7 nitrogen and oxygen atoms in total. The summed E-state index contributed by atoms with van der Waals surface area (Å²) in [6.45, 7) is 0.799. The fourth-order valence-electron chi connectivity index (χ4n) is 3.82. The number of hydrogen-bond acceptors (Lipinski definition) is 5. The van der Waals surface area contributed by atoms with Crippen LogP contribution < -0.4 is 21.5 Å². The fourth-order valence-corrected chi connectivity index (χ4v) is 3.82. The highest BCUT2D eigenvalue weighted by molar-refractivity contribution is 6.00. The number of nitrogens with one attached hydrogen (secondary N) is 4. The Morgan fingerprint density at radius 2 is 1.72 bits per heavy atom. The molecule has 0 heterocycles. The highest BCUT2D eigenvalue weighted by atomic mass is 19.1. The molecular weight excluding hydrogens is 411 g/mol. The summed E-state index contributed by atoms with van der Waals surface area (Å²) >= 11 is 0. The molecule has 2 saturated carbocycles. The van der Waals surface area contributed by atoms with Gasteiger partial charge in [-0.15, -0.1) is 0 Å². The van der Waals surface area contributed by atoms with Crippen LogP contribution in [0.15, 0.2) is 42.5 Å². The third-order valence-electron chi connectivity index (χ3n) is 5.84. The predicted molar refractivity (Wildman–Crippen MR) is 121 cm³/mol. The lowest BCUT2D eigenvalue weighted by Gasteiger charge is -2.19. The van der Waals surface area contributed by atoms with E-state index in [-0.39, 0.29) is 18.2 Å². The summed E-state index contributed by atoms with van der Waals surface area (Å²) in [7, 11) is 0. The average Bonchev–Trinajstić information content (AvgIpc) is 3.50. The van der Waals surface area contributed by atoms with Gasteiger partial charge in [0.1, 0.15) is 12.4 Å². The molecule has 0 spiro atoms. The lowest BCUT2D eigenvalue weighted by Crippen LogP contribution is -2.42. The molecule has 2 fully saturated rings. The minimum absolute atomic E-state index is 0.0764. The standard InChI is InChI=1S/C24H29FN4O3/c25-20-12-19(23(30)28-29-24(31)32-15-17-6-2-1-3-7-17)21(27-18-8-4-5-9-18)13-22(20)26-14-16-10-11-16/h1-3,6-7,12-13,16,18,26-27H,4-5,8-11,14-15H2,(H,28,30)(H,29,31). The van der Waals surface area contributed by atoms with E-state index >= 15 is 0 Å². The minimum Gasteiger partial charge on any atom is -0.443 e. The number of anilines is 2. The first-order valence-electron chi connectivity index (χ1n) is 11.2. The van der Waals surface area contributed by atoms with Crippen LogP contribution in [-0.4, -0.2) is 24.6 Å². The molecule has 2 aliphatic rings. The van der Waals surface area contributed by atoms with Crippen LogP contribution in [-0.2, 0) is 11.3 Å². The number of rotatable bonds is 8. The summed E-state index contributed by atoms with van der Waals surface area (Å²) < 4.78 is 19.8. The molecule has 170 valence electrons. The molecule has 2 amide bonds. The van der Waals surface area contributed by atoms with Crippen molar-refractivity contribution in [2.75, 3.05) is 17.2 Å². The Kier molecular flexibility index (Phi) is 7.09. The first kappa shape index (κ1) is 21.9. The van der Waals surface area contributed by atoms with Crippen LogP contribution in [0.5, 0.6) is 0 Å². The smallest absolute Gasteiger partial charge is 0.426 e. The topological polar surface area (TPSA) is 91.5 Å². The van der Waals surface area contributed by atoms with E-state index in [1.54, 1.807) is 6.07 Å². The molecule has 0 bridgehead atoms. The van der Waals surface area contributed by atoms with Crippen LogP contribution in [0.25, 0.3) is 0 Å².